The maximum atomic E-state index is 11.2. The van der Waals surface area contributed by atoms with Gasteiger partial charge in [0.05, 0.1) is 6.61 Å². The van der Waals surface area contributed by atoms with Crippen molar-refractivity contribution in [2.24, 2.45) is 0 Å². The monoisotopic (exact) mass is 264 g/mol. The number of ether oxygens (including phenoxy) is 4. The van der Waals surface area contributed by atoms with Crippen molar-refractivity contribution in [3.05, 3.63) is 24.3 Å². The second-order valence-electron chi connectivity index (χ2n) is 3.08. The average Bonchev–Trinajstić information content (AvgIpc) is 2.39. The Morgan fingerprint density at radius 1 is 1.11 bits per heavy atom. The minimum absolute atomic E-state index is 0.0255. The van der Waals surface area contributed by atoms with E-state index in [9.17, 15) is 9.59 Å². The predicted octanol–water partition coefficient (Wildman–Crippen LogP) is 2.37. The quantitative estimate of drug-likeness (QED) is 0.472. The van der Waals surface area contributed by atoms with Crippen molar-refractivity contribution >= 4 is 12.3 Å². The van der Waals surface area contributed by atoms with Crippen molar-refractivity contribution in [1.82, 2.24) is 0 Å². The van der Waals surface area contributed by atoms with Crippen LogP contribution < -0.4 is 9.47 Å². The molecule has 0 fully saturated rings. The third-order valence-corrected chi connectivity index (χ3v) is 1.77. The van der Waals surface area contributed by atoms with Crippen LogP contribution in [-0.2, 0) is 9.47 Å². The predicted molar refractivity (Wildman–Crippen MR) is 64.9 cm³/mol. The van der Waals surface area contributed by atoms with E-state index in [4.69, 9.17) is 15.9 Å². The Labute approximate surface area is 110 Å². The number of carbonyl (C=O) groups is 2. The van der Waals surface area contributed by atoms with Gasteiger partial charge in [-0.05, 0) is 19.1 Å². The first-order valence-electron chi connectivity index (χ1n) is 5.39. The molecule has 0 heterocycles. The highest BCUT2D eigenvalue weighted by Crippen LogP contribution is 2.27. The third kappa shape index (κ3) is 5.00. The Morgan fingerprint density at radius 3 is 2.11 bits per heavy atom. The van der Waals surface area contributed by atoms with Crippen LogP contribution in [0.5, 0.6) is 11.5 Å². The summed E-state index contributed by atoms with van der Waals surface area (Å²) in [5, 5.41) is 0. The van der Waals surface area contributed by atoms with E-state index in [1.165, 1.54) is 12.1 Å². The minimum Gasteiger partial charge on any atom is -0.434 e. The Kier molecular flexibility index (Phi) is 5.76. The molecule has 1 aromatic rings. The van der Waals surface area contributed by atoms with Gasteiger partial charge in [-0.2, -0.15) is 0 Å². The minimum atomic E-state index is -0.988. The van der Waals surface area contributed by atoms with Crippen LogP contribution in [0.15, 0.2) is 24.3 Å². The van der Waals surface area contributed by atoms with Crippen LogP contribution >= 0.6 is 0 Å². The molecule has 0 unspecified atom stereocenters. The SMILES string of the molecule is C#CCOC(=O)Oc1ccccc1OC(=O)OCC. The molecule has 0 saturated carbocycles. The lowest BCUT2D eigenvalue weighted by Crippen LogP contribution is -2.14. The lowest BCUT2D eigenvalue weighted by molar-refractivity contribution is 0.0967. The fourth-order valence-corrected chi connectivity index (χ4v) is 1.08. The molecule has 1 aromatic carbocycles. The first-order chi connectivity index (χ1) is 9.17. The zero-order valence-electron chi connectivity index (χ0n) is 10.3. The average molecular weight is 264 g/mol. The first kappa shape index (κ1) is 14.4. The van der Waals surface area contributed by atoms with Gasteiger partial charge in [0.1, 0.15) is 0 Å². The molecule has 0 aliphatic carbocycles. The van der Waals surface area contributed by atoms with Gasteiger partial charge in [-0.1, -0.05) is 18.1 Å². The number of carbonyl (C=O) groups excluding carboxylic acids is 2. The van der Waals surface area contributed by atoms with Crippen LogP contribution in [0.4, 0.5) is 9.59 Å². The fraction of sp³-hybridized carbons (Fsp3) is 0.231. The molecule has 0 spiro atoms. The molecular formula is C13H12O6. The van der Waals surface area contributed by atoms with Crippen LogP contribution in [0.25, 0.3) is 0 Å². The van der Waals surface area contributed by atoms with E-state index in [2.05, 4.69) is 15.4 Å². The van der Waals surface area contributed by atoms with Gasteiger partial charge in [-0.15, -0.1) is 6.42 Å². The zero-order chi connectivity index (χ0) is 14.1. The maximum Gasteiger partial charge on any atom is 0.514 e. The van der Waals surface area contributed by atoms with Gasteiger partial charge >= 0.3 is 12.3 Å². The molecule has 100 valence electrons. The van der Waals surface area contributed by atoms with Crippen LogP contribution in [0.3, 0.4) is 0 Å². The molecule has 0 bridgehead atoms. The summed E-state index contributed by atoms with van der Waals surface area (Å²) in [6, 6.07) is 6.09. The van der Waals surface area contributed by atoms with E-state index >= 15 is 0 Å². The van der Waals surface area contributed by atoms with Crippen molar-refractivity contribution in [3.63, 3.8) is 0 Å². The number of rotatable bonds is 4. The van der Waals surface area contributed by atoms with E-state index in [0.717, 1.165) is 0 Å². The van der Waals surface area contributed by atoms with Gasteiger partial charge < -0.3 is 18.9 Å². The van der Waals surface area contributed by atoms with E-state index in [-0.39, 0.29) is 24.7 Å². The summed E-state index contributed by atoms with van der Waals surface area (Å²) in [6.07, 6.45) is 3.05. The summed E-state index contributed by atoms with van der Waals surface area (Å²) in [5.41, 5.74) is 0. The van der Waals surface area contributed by atoms with Crippen molar-refractivity contribution in [2.75, 3.05) is 13.2 Å². The Hall–Kier alpha value is -2.68. The summed E-state index contributed by atoms with van der Waals surface area (Å²) in [4.78, 5) is 22.4. The Morgan fingerprint density at radius 2 is 1.63 bits per heavy atom. The number of para-hydroxylation sites is 2. The zero-order valence-corrected chi connectivity index (χ0v) is 10.3. The highest BCUT2D eigenvalue weighted by atomic mass is 16.7. The van der Waals surface area contributed by atoms with Gasteiger partial charge in [-0.3, -0.25) is 0 Å². The van der Waals surface area contributed by atoms with Crippen LogP contribution in [0.2, 0.25) is 0 Å². The molecule has 0 aliphatic heterocycles. The van der Waals surface area contributed by atoms with Crippen molar-refractivity contribution in [3.8, 4) is 23.8 Å². The molecule has 0 aliphatic rings. The van der Waals surface area contributed by atoms with E-state index in [1.54, 1.807) is 19.1 Å². The molecule has 0 atom stereocenters. The third-order valence-electron chi connectivity index (χ3n) is 1.77. The lowest BCUT2D eigenvalue weighted by Gasteiger charge is -2.09. The second kappa shape index (κ2) is 7.61. The topological polar surface area (TPSA) is 71.1 Å². The molecule has 0 radical (unpaired) electrons. The molecular weight excluding hydrogens is 252 g/mol. The molecule has 0 N–H and O–H groups in total. The number of hydrogen-bond donors (Lipinski definition) is 0. The van der Waals surface area contributed by atoms with Crippen molar-refractivity contribution < 1.29 is 28.5 Å². The lowest BCUT2D eigenvalue weighted by atomic mass is 10.3. The van der Waals surface area contributed by atoms with Crippen LogP contribution in [-0.4, -0.2) is 25.5 Å². The molecule has 1 rings (SSSR count). The number of hydrogen-bond acceptors (Lipinski definition) is 6. The summed E-state index contributed by atoms with van der Waals surface area (Å²) >= 11 is 0. The van der Waals surface area contributed by atoms with Crippen molar-refractivity contribution in [2.45, 2.75) is 6.92 Å². The highest BCUT2D eigenvalue weighted by Gasteiger charge is 2.14. The maximum absolute atomic E-state index is 11.2. The summed E-state index contributed by atoms with van der Waals surface area (Å²) in [7, 11) is 0. The Balaban J connectivity index is 2.70. The largest absolute Gasteiger partial charge is 0.514 e. The number of terminal acetylenes is 1. The molecule has 6 heteroatoms. The van der Waals surface area contributed by atoms with Gasteiger partial charge in [0.15, 0.2) is 18.1 Å². The molecule has 0 saturated heterocycles. The van der Waals surface area contributed by atoms with Gasteiger partial charge in [0.25, 0.3) is 0 Å². The van der Waals surface area contributed by atoms with E-state index < -0.39 is 12.3 Å². The van der Waals surface area contributed by atoms with Gasteiger partial charge in [0.2, 0.25) is 0 Å². The van der Waals surface area contributed by atoms with Gasteiger partial charge in [0, 0.05) is 0 Å². The van der Waals surface area contributed by atoms with E-state index in [0.29, 0.717) is 0 Å². The standard InChI is InChI=1S/C13H12O6/c1-3-9-17-13(15)19-11-8-6-5-7-10(11)18-12(14)16-4-2/h1,5-8H,4,9H2,2H3. The van der Waals surface area contributed by atoms with E-state index in [1.807, 2.05) is 0 Å². The van der Waals surface area contributed by atoms with Crippen LogP contribution in [0, 0.1) is 12.3 Å². The summed E-state index contributed by atoms with van der Waals surface area (Å²) in [6.45, 7) is 1.60. The molecule has 0 amide bonds. The van der Waals surface area contributed by atoms with Gasteiger partial charge in [-0.25, -0.2) is 9.59 Å². The smallest absolute Gasteiger partial charge is 0.434 e. The summed E-state index contributed by atoms with van der Waals surface area (Å²) in [5.74, 6) is 2.19. The number of benzene rings is 1. The highest BCUT2D eigenvalue weighted by molar-refractivity contribution is 5.68. The molecule has 6 nitrogen and oxygen atoms in total. The van der Waals surface area contributed by atoms with Crippen molar-refractivity contribution in [1.29, 1.82) is 0 Å². The second-order valence-corrected chi connectivity index (χ2v) is 3.08. The normalized spacial score (nSPS) is 9.05. The first-order valence-corrected chi connectivity index (χ1v) is 5.39. The summed E-state index contributed by atoms with van der Waals surface area (Å²) < 4.78 is 18.8. The molecule has 19 heavy (non-hydrogen) atoms. The molecule has 0 aromatic heterocycles. The van der Waals surface area contributed by atoms with Crippen LogP contribution in [0.1, 0.15) is 6.92 Å². The fourth-order valence-electron chi connectivity index (χ4n) is 1.08. The Bertz CT molecular complexity index is 488.